The van der Waals surface area contributed by atoms with Crippen molar-refractivity contribution < 1.29 is 47.7 Å². The fraction of sp³-hybridized carbons (Fsp3) is 0.478. The zero-order valence-electron chi connectivity index (χ0n) is 35.8. The van der Waals surface area contributed by atoms with E-state index in [1.54, 1.807) is 0 Å². The van der Waals surface area contributed by atoms with E-state index < -0.39 is 59.0 Å². The molecule has 17 nitrogen and oxygen atoms in total. The number of carbonyl (C=O) groups excluding carboxylic acids is 6. The van der Waals surface area contributed by atoms with Gasteiger partial charge < -0.3 is 55.7 Å². The first-order chi connectivity index (χ1) is 30.4. The number of alkyl carbamates (subject to hydrolysis) is 2. The van der Waals surface area contributed by atoms with Gasteiger partial charge in [0, 0.05) is 56.9 Å². The molecular weight excluding hydrogens is 811 g/mol. The molecule has 0 spiro atoms. The van der Waals surface area contributed by atoms with E-state index in [4.69, 9.17) is 30.4 Å². The highest BCUT2D eigenvalue weighted by atomic mass is 16.5. The molecule has 4 fully saturated rings. The first-order valence-electron chi connectivity index (χ1n) is 21.5. The van der Waals surface area contributed by atoms with Crippen molar-refractivity contribution in [3.05, 3.63) is 101 Å². The summed E-state index contributed by atoms with van der Waals surface area (Å²) in [6, 6.07) is 23.1. The maximum absolute atomic E-state index is 14.3. The highest BCUT2D eigenvalue weighted by Crippen LogP contribution is 2.42. The zero-order valence-corrected chi connectivity index (χ0v) is 35.8. The minimum Gasteiger partial charge on any atom is -0.453 e. The summed E-state index contributed by atoms with van der Waals surface area (Å²) in [4.78, 5) is 85.4. The number of primary amides is 2. The number of likely N-dealkylation sites (tertiary alicyclic amines) is 2. The molecule has 4 heterocycles. The molecule has 4 saturated heterocycles. The molecule has 6 atom stereocenters. The molecule has 3 aromatic carbocycles. The number of ether oxygens (including phenoxy) is 4. The topological polar surface area (TPSA) is 225 Å². The third kappa shape index (κ3) is 9.02. The number of nitrogens with zero attached hydrogens (tertiary/aromatic N) is 3. The highest BCUT2D eigenvalue weighted by molar-refractivity contribution is 5.96. The summed E-state index contributed by atoms with van der Waals surface area (Å²) in [5, 5.41) is 5.37. The predicted octanol–water partition coefficient (Wildman–Crippen LogP) is 3.02. The first-order valence-corrected chi connectivity index (χ1v) is 21.5. The van der Waals surface area contributed by atoms with E-state index in [1.165, 1.54) is 24.0 Å². The van der Waals surface area contributed by atoms with Crippen LogP contribution in [-0.2, 0) is 62.3 Å². The third-order valence-corrected chi connectivity index (χ3v) is 13.2. The second-order valence-corrected chi connectivity index (χ2v) is 16.7. The molecule has 4 aliphatic heterocycles. The molecule has 6 amide bonds. The zero-order chi connectivity index (χ0) is 44.7. The van der Waals surface area contributed by atoms with Crippen LogP contribution in [0.15, 0.2) is 78.9 Å². The van der Waals surface area contributed by atoms with Crippen LogP contribution < -0.4 is 27.0 Å². The molecule has 0 unspecified atom stereocenters. The summed E-state index contributed by atoms with van der Waals surface area (Å²) in [5.74, 6) is -2.71. The number of hydrogen-bond donors (Lipinski definition) is 4. The number of hydrogen-bond acceptors (Lipinski definition) is 11. The van der Waals surface area contributed by atoms with Gasteiger partial charge in [-0.15, -0.1) is 0 Å². The van der Waals surface area contributed by atoms with E-state index in [-0.39, 0.29) is 38.1 Å². The number of nitrogens with two attached hydrogens (primary N) is 2. The molecule has 7 rings (SSSR count). The molecule has 4 aliphatic rings. The normalized spacial score (nSPS) is 24.0. The van der Waals surface area contributed by atoms with Crippen molar-refractivity contribution in [1.29, 1.82) is 0 Å². The number of amides is 6. The fourth-order valence-electron chi connectivity index (χ4n) is 9.82. The largest absolute Gasteiger partial charge is 0.453 e. The van der Waals surface area contributed by atoms with Crippen LogP contribution in [-0.4, -0.2) is 111 Å². The molecule has 0 bridgehead atoms. The van der Waals surface area contributed by atoms with Crippen LogP contribution in [0.5, 0.6) is 0 Å². The van der Waals surface area contributed by atoms with Gasteiger partial charge in [-0.1, -0.05) is 66.7 Å². The van der Waals surface area contributed by atoms with Gasteiger partial charge in [-0.2, -0.15) is 0 Å². The molecule has 6 N–H and O–H groups in total. The van der Waals surface area contributed by atoms with Crippen molar-refractivity contribution in [3.63, 3.8) is 0 Å². The lowest BCUT2D eigenvalue weighted by Gasteiger charge is -2.39. The van der Waals surface area contributed by atoms with Gasteiger partial charge in [0.05, 0.1) is 27.4 Å². The average Bonchev–Trinajstić information content (AvgIpc) is 4.15. The average molecular weight is 868 g/mol. The molecule has 0 saturated carbocycles. The molecule has 0 aliphatic carbocycles. The van der Waals surface area contributed by atoms with E-state index in [2.05, 4.69) is 15.5 Å². The Hall–Kier alpha value is -6.20. The van der Waals surface area contributed by atoms with Crippen molar-refractivity contribution in [3.8, 4) is 0 Å². The van der Waals surface area contributed by atoms with Crippen LogP contribution in [0.3, 0.4) is 0 Å². The second-order valence-electron chi connectivity index (χ2n) is 16.7. The van der Waals surface area contributed by atoms with Gasteiger partial charge in [0.15, 0.2) is 0 Å². The maximum atomic E-state index is 14.3. The summed E-state index contributed by atoms with van der Waals surface area (Å²) in [7, 11) is 2.46. The van der Waals surface area contributed by atoms with E-state index in [0.29, 0.717) is 76.0 Å². The summed E-state index contributed by atoms with van der Waals surface area (Å²) in [6.45, 7) is 3.01. The van der Waals surface area contributed by atoms with Gasteiger partial charge in [0.1, 0.15) is 23.2 Å². The lowest BCUT2D eigenvalue weighted by molar-refractivity contribution is -0.146. The quantitative estimate of drug-likeness (QED) is 0.174. The summed E-state index contributed by atoms with van der Waals surface area (Å²) >= 11 is 0. The van der Waals surface area contributed by atoms with Crippen molar-refractivity contribution in [1.82, 2.24) is 20.4 Å². The van der Waals surface area contributed by atoms with Gasteiger partial charge >= 0.3 is 12.2 Å². The Morgan fingerprint density at radius 1 is 0.667 bits per heavy atom. The van der Waals surface area contributed by atoms with Crippen LogP contribution in [0.25, 0.3) is 0 Å². The van der Waals surface area contributed by atoms with Crippen LogP contribution in [0.4, 0.5) is 15.3 Å². The monoisotopic (exact) mass is 867 g/mol. The first kappa shape index (κ1) is 44.8. The predicted molar refractivity (Wildman–Crippen MR) is 229 cm³/mol. The van der Waals surface area contributed by atoms with Gasteiger partial charge in [-0.3, -0.25) is 19.2 Å². The number of para-hydroxylation sites is 1. The van der Waals surface area contributed by atoms with Crippen molar-refractivity contribution in [2.24, 2.45) is 23.3 Å². The standard InChI is InChI=1S/C46H57N7O10/c1-60-43(58)49-37(32-18-24-62-28-32)39(54)52-22-6-20-45(52,41(47)56)34-14-10-30(11-15-34)26-51(36-8-4-3-5-9-36)27-31-12-16-35(17-13-31)46(42(48)57)21-7-23-53(46)40(55)38(50-44(59)61-2)33-19-25-63-29-33/h3-5,8-17,32-33,37-38H,6-7,18-29H2,1-2H3,(H2,47,56)(H2,48,57)(H,49,58)(H,50,59)/t32-,33-,37-,38-,45-,46-/m0/s1. The number of anilines is 1. The SMILES string of the molecule is COC(=O)N[C@H](C(=O)N1CCC[C@@]1(C(N)=O)c1ccc(CN(Cc2ccc([C@]3(C(N)=O)CCCN3C(=O)[C@@H](NC(=O)OC)[C@H]3CCOC3)cc2)c2ccccc2)cc1)[C@H]1CCOC1. The number of benzene rings is 3. The van der Waals surface area contributed by atoms with Crippen LogP contribution in [0.2, 0.25) is 0 Å². The van der Waals surface area contributed by atoms with E-state index >= 15 is 0 Å². The number of rotatable bonds is 15. The van der Waals surface area contributed by atoms with Crippen LogP contribution in [0.1, 0.15) is 60.8 Å². The fourth-order valence-corrected chi connectivity index (χ4v) is 9.82. The van der Waals surface area contributed by atoms with Crippen LogP contribution >= 0.6 is 0 Å². The smallest absolute Gasteiger partial charge is 0.407 e. The molecule has 0 radical (unpaired) electrons. The number of carbonyl (C=O) groups is 6. The van der Waals surface area contributed by atoms with Crippen LogP contribution in [0, 0.1) is 11.8 Å². The van der Waals surface area contributed by atoms with Gasteiger partial charge in [0.2, 0.25) is 23.6 Å². The second kappa shape index (κ2) is 19.5. The van der Waals surface area contributed by atoms with Crippen molar-refractivity contribution in [2.75, 3.05) is 58.6 Å². The molecule has 63 heavy (non-hydrogen) atoms. The Labute approximate surface area is 366 Å². The molecule has 336 valence electrons. The Morgan fingerprint density at radius 2 is 1.08 bits per heavy atom. The molecular formula is C46H57N7O10. The summed E-state index contributed by atoms with van der Waals surface area (Å²) < 4.78 is 20.8. The van der Waals surface area contributed by atoms with Gasteiger partial charge in [-0.05, 0) is 72.9 Å². The highest BCUT2D eigenvalue weighted by Gasteiger charge is 2.54. The minimum atomic E-state index is -1.42. The lowest BCUT2D eigenvalue weighted by Crippen LogP contribution is -2.60. The van der Waals surface area contributed by atoms with E-state index in [1.807, 2.05) is 78.9 Å². The Bertz CT molecular complexity index is 2000. The summed E-state index contributed by atoms with van der Waals surface area (Å²) in [6.07, 6.45) is 1.38. The van der Waals surface area contributed by atoms with Gasteiger partial charge in [-0.25, -0.2) is 9.59 Å². The molecule has 17 heteroatoms. The Kier molecular flexibility index (Phi) is 13.9. The Balaban J connectivity index is 1.12. The molecule has 3 aromatic rings. The third-order valence-electron chi connectivity index (χ3n) is 13.2. The maximum Gasteiger partial charge on any atom is 0.407 e. The Morgan fingerprint density at radius 3 is 1.43 bits per heavy atom. The lowest BCUT2D eigenvalue weighted by atomic mass is 9.84. The number of nitrogens with one attached hydrogen (secondary N) is 2. The van der Waals surface area contributed by atoms with E-state index in [0.717, 1.165) is 16.8 Å². The minimum absolute atomic E-state index is 0.287. The van der Waals surface area contributed by atoms with Crippen molar-refractivity contribution >= 4 is 41.5 Å². The molecule has 0 aromatic heterocycles. The number of methoxy groups -OCH3 is 2. The van der Waals surface area contributed by atoms with Crippen molar-refractivity contribution in [2.45, 2.75) is 74.8 Å². The van der Waals surface area contributed by atoms with Gasteiger partial charge in [0.25, 0.3) is 0 Å². The van der Waals surface area contributed by atoms with E-state index in [9.17, 15) is 28.8 Å². The summed E-state index contributed by atoms with van der Waals surface area (Å²) in [5.41, 5.74) is 13.5.